The van der Waals surface area contributed by atoms with Gasteiger partial charge in [-0.15, -0.1) is 0 Å². The first-order valence-corrected chi connectivity index (χ1v) is 9.35. The minimum Gasteiger partial charge on any atom is -0.348 e. The second-order valence-electron chi connectivity index (χ2n) is 6.66. The number of benzene rings is 2. The third-order valence-corrected chi connectivity index (χ3v) is 5.15. The number of rotatable bonds is 5. The van der Waals surface area contributed by atoms with Crippen LogP contribution in [0.4, 0.5) is 4.79 Å². The number of hydrogen-bond donors (Lipinski definition) is 2. The van der Waals surface area contributed by atoms with E-state index in [1.807, 2.05) is 43.3 Å². The van der Waals surface area contributed by atoms with Crippen LogP contribution in [0.3, 0.4) is 0 Å². The molecule has 0 bridgehead atoms. The SMILES string of the molecule is C[C@@H](NC(=O)CN1C(=O)N[C@@](C)(c2cccc(Br)c2)C1=O)c1ccccc1. The van der Waals surface area contributed by atoms with Crippen LogP contribution in [0.25, 0.3) is 0 Å². The molecular formula is C20H20BrN3O3. The van der Waals surface area contributed by atoms with Crippen molar-refractivity contribution in [1.29, 1.82) is 0 Å². The van der Waals surface area contributed by atoms with Gasteiger partial charge in [-0.05, 0) is 37.1 Å². The number of imide groups is 1. The molecule has 1 heterocycles. The zero-order valence-corrected chi connectivity index (χ0v) is 16.6. The summed E-state index contributed by atoms with van der Waals surface area (Å²) in [5.41, 5.74) is 0.393. The highest BCUT2D eigenvalue weighted by Gasteiger charge is 2.49. The second-order valence-corrected chi connectivity index (χ2v) is 7.57. The topological polar surface area (TPSA) is 78.5 Å². The van der Waals surface area contributed by atoms with Crippen LogP contribution in [0, 0.1) is 0 Å². The molecule has 7 heteroatoms. The number of amides is 4. The van der Waals surface area contributed by atoms with E-state index in [0.717, 1.165) is 14.9 Å². The number of carbonyl (C=O) groups excluding carboxylic acids is 3. The molecule has 2 aromatic carbocycles. The average Bonchev–Trinajstić information content (AvgIpc) is 2.86. The summed E-state index contributed by atoms with van der Waals surface area (Å²) in [4.78, 5) is 38.6. The van der Waals surface area contributed by atoms with Crippen LogP contribution in [0.2, 0.25) is 0 Å². The van der Waals surface area contributed by atoms with Crippen molar-refractivity contribution in [3.8, 4) is 0 Å². The van der Waals surface area contributed by atoms with E-state index in [1.54, 1.807) is 25.1 Å². The van der Waals surface area contributed by atoms with Crippen LogP contribution in [-0.4, -0.2) is 29.3 Å². The molecule has 1 saturated heterocycles. The summed E-state index contributed by atoms with van der Waals surface area (Å²) < 4.78 is 0.802. The van der Waals surface area contributed by atoms with Gasteiger partial charge >= 0.3 is 6.03 Å². The quantitative estimate of drug-likeness (QED) is 0.716. The molecule has 1 aliphatic heterocycles. The predicted octanol–water partition coefficient (Wildman–Crippen LogP) is 3.09. The third kappa shape index (κ3) is 3.88. The summed E-state index contributed by atoms with van der Waals surface area (Å²) in [5, 5.41) is 5.52. The van der Waals surface area contributed by atoms with Gasteiger partial charge < -0.3 is 10.6 Å². The van der Waals surface area contributed by atoms with Crippen molar-refractivity contribution in [3.05, 3.63) is 70.2 Å². The van der Waals surface area contributed by atoms with E-state index in [9.17, 15) is 14.4 Å². The minimum absolute atomic E-state index is 0.226. The summed E-state index contributed by atoms with van der Waals surface area (Å²) in [6, 6.07) is 15.9. The van der Waals surface area contributed by atoms with E-state index in [2.05, 4.69) is 26.6 Å². The van der Waals surface area contributed by atoms with Gasteiger partial charge in [-0.3, -0.25) is 14.5 Å². The Bertz CT molecular complexity index is 887. The summed E-state index contributed by atoms with van der Waals surface area (Å²) >= 11 is 3.37. The van der Waals surface area contributed by atoms with Crippen LogP contribution >= 0.6 is 15.9 Å². The standard InChI is InChI=1S/C20H20BrN3O3/c1-13(14-7-4-3-5-8-14)22-17(25)12-24-18(26)20(2,23-19(24)27)15-9-6-10-16(21)11-15/h3-11,13H,12H2,1-2H3,(H,22,25)(H,23,27)/t13-,20+/m1/s1. The van der Waals surface area contributed by atoms with Crippen molar-refractivity contribution in [2.45, 2.75) is 25.4 Å². The molecule has 1 aliphatic rings. The molecule has 0 aliphatic carbocycles. The Balaban J connectivity index is 1.71. The van der Waals surface area contributed by atoms with Crippen molar-refractivity contribution < 1.29 is 14.4 Å². The van der Waals surface area contributed by atoms with Gasteiger partial charge in [0.1, 0.15) is 12.1 Å². The fourth-order valence-corrected chi connectivity index (χ4v) is 3.49. The van der Waals surface area contributed by atoms with E-state index in [4.69, 9.17) is 0 Å². The lowest BCUT2D eigenvalue weighted by molar-refractivity contribution is -0.135. The maximum absolute atomic E-state index is 12.9. The monoisotopic (exact) mass is 429 g/mol. The van der Waals surface area contributed by atoms with Gasteiger partial charge in [0.25, 0.3) is 5.91 Å². The molecule has 1 fully saturated rings. The Morgan fingerprint density at radius 3 is 2.56 bits per heavy atom. The highest BCUT2D eigenvalue weighted by atomic mass is 79.9. The van der Waals surface area contributed by atoms with Gasteiger partial charge in [-0.1, -0.05) is 58.4 Å². The number of carbonyl (C=O) groups is 3. The molecule has 0 saturated carbocycles. The molecule has 0 spiro atoms. The zero-order valence-electron chi connectivity index (χ0n) is 15.0. The van der Waals surface area contributed by atoms with Crippen molar-refractivity contribution in [2.75, 3.05) is 6.54 Å². The first-order chi connectivity index (χ1) is 12.8. The molecule has 3 rings (SSSR count). The minimum atomic E-state index is -1.20. The van der Waals surface area contributed by atoms with Crippen molar-refractivity contribution >= 4 is 33.8 Å². The number of nitrogens with one attached hydrogen (secondary N) is 2. The lowest BCUT2D eigenvalue weighted by Gasteiger charge is -2.22. The van der Waals surface area contributed by atoms with Gasteiger partial charge in [-0.25, -0.2) is 4.79 Å². The highest BCUT2D eigenvalue weighted by molar-refractivity contribution is 9.10. The Morgan fingerprint density at radius 1 is 1.19 bits per heavy atom. The van der Waals surface area contributed by atoms with Gasteiger partial charge in [0.2, 0.25) is 5.91 Å². The lowest BCUT2D eigenvalue weighted by Crippen LogP contribution is -2.43. The Labute approximate surface area is 166 Å². The number of urea groups is 1. The van der Waals surface area contributed by atoms with Crippen LogP contribution < -0.4 is 10.6 Å². The molecule has 4 amide bonds. The Morgan fingerprint density at radius 2 is 1.89 bits per heavy atom. The lowest BCUT2D eigenvalue weighted by atomic mass is 9.92. The molecule has 2 aromatic rings. The number of halogens is 1. The Hall–Kier alpha value is -2.67. The fraction of sp³-hybridized carbons (Fsp3) is 0.250. The molecule has 140 valence electrons. The van der Waals surface area contributed by atoms with E-state index < -0.39 is 23.4 Å². The molecule has 2 N–H and O–H groups in total. The van der Waals surface area contributed by atoms with Crippen molar-refractivity contribution in [1.82, 2.24) is 15.5 Å². The largest absolute Gasteiger partial charge is 0.348 e. The summed E-state index contributed by atoms with van der Waals surface area (Å²) in [6.45, 7) is 3.16. The van der Waals surface area contributed by atoms with E-state index >= 15 is 0 Å². The first kappa shape index (κ1) is 19.1. The third-order valence-electron chi connectivity index (χ3n) is 4.66. The van der Waals surface area contributed by atoms with Gasteiger partial charge in [0.15, 0.2) is 0 Å². The molecule has 0 aromatic heterocycles. The maximum Gasteiger partial charge on any atom is 0.325 e. The second kappa shape index (κ2) is 7.52. The van der Waals surface area contributed by atoms with Crippen molar-refractivity contribution in [2.24, 2.45) is 0 Å². The molecule has 6 nitrogen and oxygen atoms in total. The normalized spacial score (nSPS) is 20.3. The van der Waals surface area contributed by atoms with Gasteiger partial charge in [0, 0.05) is 4.47 Å². The van der Waals surface area contributed by atoms with Crippen LogP contribution in [0.5, 0.6) is 0 Å². The molecule has 0 radical (unpaired) electrons. The molecule has 0 unspecified atom stereocenters. The summed E-state index contributed by atoms with van der Waals surface area (Å²) in [6.07, 6.45) is 0. The Kier molecular flexibility index (Phi) is 5.32. The van der Waals surface area contributed by atoms with E-state index in [1.165, 1.54) is 0 Å². The average molecular weight is 430 g/mol. The van der Waals surface area contributed by atoms with Gasteiger partial charge in [0.05, 0.1) is 6.04 Å². The molecular weight excluding hydrogens is 410 g/mol. The maximum atomic E-state index is 12.9. The number of hydrogen-bond acceptors (Lipinski definition) is 3. The van der Waals surface area contributed by atoms with Crippen molar-refractivity contribution in [3.63, 3.8) is 0 Å². The van der Waals surface area contributed by atoms with Crippen LogP contribution in [-0.2, 0) is 15.1 Å². The van der Waals surface area contributed by atoms with Crippen LogP contribution in [0.1, 0.15) is 31.0 Å². The zero-order chi connectivity index (χ0) is 19.6. The first-order valence-electron chi connectivity index (χ1n) is 8.56. The van der Waals surface area contributed by atoms with Gasteiger partial charge in [-0.2, -0.15) is 0 Å². The fourth-order valence-electron chi connectivity index (χ4n) is 3.09. The highest BCUT2D eigenvalue weighted by Crippen LogP contribution is 2.30. The van der Waals surface area contributed by atoms with E-state index in [0.29, 0.717) is 5.56 Å². The van der Waals surface area contributed by atoms with E-state index in [-0.39, 0.29) is 12.6 Å². The molecule has 2 atom stereocenters. The summed E-state index contributed by atoms with van der Waals surface area (Å²) in [7, 11) is 0. The smallest absolute Gasteiger partial charge is 0.325 e. The van der Waals surface area contributed by atoms with Crippen LogP contribution in [0.15, 0.2) is 59.1 Å². The predicted molar refractivity (Wildman–Crippen MR) is 105 cm³/mol. The number of nitrogens with zero attached hydrogens (tertiary/aromatic N) is 1. The summed E-state index contributed by atoms with van der Waals surface area (Å²) in [5.74, 6) is -0.846. The molecule has 27 heavy (non-hydrogen) atoms.